The molecule has 8 heteroatoms. The van der Waals surface area contributed by atoms with Gasteiger partial charge < -0.3 is 0 Å². The maximum absolute atomic E-state index is 12.5. The van der Waals surface area contributed by atoms with Crippen molar-refractivity contribution in [1.29, 1.82) is 0 Å². The number of aromatic nitrogens is 1. The van der Waals surface area contributed by atoms with Crippen molar-refractivity contribution < 1.29 is 13.2 Å². The maximum atomic E-state index is 12.5. The number of hydrogen-bond donors (Lipinski definition) is 2. The van der Waals surface area contributed by atoms with Crippen LogP contribution in [0.2, 0.25) is 0 Å². The molecule has 1 heterocycles. The number of nitrogens with zero attached hydrogens (tertiary/aromatic N) is 1. The molecule has 1 amide bonds. The molecular formula is C20H21N3O3S2. The van der Waals surface area contributed by atoms with Gasteiger partial charge in [0.15, 0.2) is 5.13 Å². The van der Waals surface area contributed by atoms with Crippen LogP contribution < -0.4 is 10.0 Å². The number of rotatable bonds is 6. The fourth-order valence-corrected chi connectivity index (χ4v) is 4.06. The molecule has 0 saturated heterocycles. The van der Waals surface area contributed by atoms with E-state index in [0.717, 1.165) is 23.1 Å². The van der Waals surface area contributed by atoms with E-state index in [1.165, 1.54) is 28.5 Å². The minimum Gasteiger partial charge on any atom is -0.298 e. The molecule has 3 rings (SSSR count). The van der Waals surface area contributed by atoms with Gasteiger partial charge in [0.25, 0.3) is 5.91 Å². The summed E-state index contributed by atoms with van der Waals surface area (Å²) in [4.78, 5) is 17.8. The van der Waals surface area contributed by atoms with E-state index in [2.05, 4.69) is 39.3 Å². The first kappa shape index (κ1) is 20.0. The molecule has 0 radical (unpaired) electrons. The Kier molecular flexibility index (Phi) is 5.81. The molecule has 1 aromatic heterocycles. The Labute approximate surface area is 168 Å². The van der Waals surface area contributed by atoms with Gasteiger partial charge in [-0.1, -0.05) is 35.9 Å². The van der Waals surface area contributed by atoms with Crippen LogP contribution in [0, 0.1) is 13.8 Å². The number of carbonyl (C=O) groups is 1. The van der Waals surface area contributed by atoms with Crippen molar-refractivity contribution in [3.05, 3.63) is 75.8 Å². The monoisotopic (exact) mass is 415 g/mol. The molecule has 0 bridgehead atoms. The van der Waals surface area contributed by atoms with Crippen molar-refractivity contribution in [3.8, 4) is 0 Å². The van der Waals surface area contributed by atoms with Gasteiger partial charge in [-0.15, -0.1) is 11.3 Å². The zero-order valence-electron chi connectivity index (χ0n) is 15.8. The topological polar surface area (TPSA) is 88.2 Å². The number of carbonyl (C=O) groups excluding carboxylic acids is 1. The summed E-state index contributed by atoms with van der Waals surface area (Å²) in [5.41, 5.74) is 3.86. The fourth-order valence-electron chi connectivity index (χ4n) is 2.60. The fraction of sp³-hybridized carbons (Fsp3) is 0.200. The van der Waals surface area contributed by atoms with E-state index in [9.17, 15) is 13.2 Å². The lowest BCUT2D eigenvalue weighted by Crippen LogP contribution is -2.14. The molecule has 0 unspecified atom stereocenters. The van der Waals surface area contributed by atoms with E-state index >= 15 is 0 Å². The van der Waals surface area contributed by atoms with E-state index in [-0.39, 0.29) is 5.91 Å². The summed E-state index contributed by atoms with van der Waals surface area (Å²) in [6, 6.07) is 13.2. The molecular weight excluding hydrogens is 394 g/mol. The van der Waals surface area contributed by atoms with Crippen LogP contribution in [0.1, 0.15) is 31.9 Å². The summed E-state index contributed by atoms with van der Waals surface area (Å²) < 4.78 is 25.4. The Balaban J connectivity index is 1.70. The summed E-state index contributed by atoms with van der Waals surface area (Å²) in [5.74, 6) is -0.340. The second-order valence-electron chi connectivity index (χ2n) is 6.65. The molecule has 2 aromatic carbocycles. The van der Waals surface area contributed by atoms with E-state index in [4.69, 9.17) is 0 Å². The second-order valence-corrected chi connectivity index (χ2v) is 9.52. The molecule has 28 heavy (non-hydrogen) atoms. The lowest BCUT2D eigenvalue weighted by atomic mass is 10.1. The highest BCUT2D eigenvalue weighted by atomic mass is 32.2. The van der Waals surface area contributed by atoms with E-state index in [0.29, 0.717) is 16.4 Å². The van der Waals surface area contributed by atoms with Crippen molar-refractivity contribution in [2.45, 2.75) is 20.3 Å². The predicted octanol–water partition coefficient (Wildman–Crippen LogP) is 3.97. The highest BCUT2D eigenvalue weighted by molar-refractivity contribution is 7.92. The average molecular weight is 416 g/mol. The number of thiazole rings is 1. The minimum atomic E-state index is -3.42. The largest absolute Gasteiger partial charge is 0.298 e. The third-order valence-corrected chi connectivity index (χ3v) is 5.57. The average Bonchev–Trinajstić information content (AvgIpc) is 3.04. The smallest absolute Gasteiger partial charge is 0.257 e. The zero-order chi connectivity index (χ0) is 20.3. The minimum absolute atomic E-state index is 0.340. The van der Waals surface area contributed by atoms with Crippen LogP contribution in [0.3, 0.4) is 0 Å². The molecule has 3 aromatic rings. The Morgan fingerprint density at radius 3 is 2.50 bits per heavy atom. The van der Waals surface area contributed by atoms with Crippen molar-refractivity contribution in [1.82, 2.24) is 4.98 Å². The molecule has 0 fully saturated rings. The lowest BCUT2D eigenvalue weighted by molar-refractivity contribution is 0.102. The molecule has 0 aliphatic rings. The van der Waals surface area contributed by atoms with Gasteiger partial charge in [-0.05, 0) is 37.1 Å². The van der Waals surface area contributed by atoms with Gasteiger partial charge in [0, 0.05) is 23.1 Å². The summed E-state index contributed by atoms with van der Waals surface area (Å²) in [5, 5.41) is 3.28. The van der Waals surface area contributed by atoms with Gasteiger partial charge in [-0.2, -0.15) is 0 Å². The molecule has 0 aliphatic carbocycles. The number of anilines is 2. The standard InChI is InChI=1S/C20H21N3O3S2/c1-13-4-7-15(8-5-13)10-17-12-21-20(27-17)22-19(24)16-9-6-14(2)18(11-16)23-28(3,25)26/h4-9,11-12,23H,10H2,1-3H3,(H,21,22,24). The Bertz CT molecular complexity index is 1100. The van der Waals surface area contributed by atoms with Gasteiger partial charge in [0.1, 0.15) is 0 Å². The third kappa shape index (κ3) is 5.40. The summed E-state index contributed by atoms with van der Waals surface area (Å²) >= 11 is 1.42. The zero-order valence-corrected chi connectivity index (χ0v) is 17.4. The van der Waals surface area contributed by atoms with Gasteiger partial charge in [-0.3, -0.25) is 14.8 Å². The molecule has 0 saturated carbocycles. The number of nitrogens with one attached hydrogen (secondary N) is 2. The van der Waals surface area contributed by atoms with Crippen molar-refractivity contribution >= 4 is 38.1 Å². The highest BCUT2D eigenvalue weighted by Gasteiger charge is 2.13. The van der Waals surface area contributed by atoms with E-state index in [1.54, 1.807) is 25.3 Å². The number of sulfonamides is 1. The van der Waals surface area contributed by atoms with E-state index in [1.807, 2.05) is 6.92 Å². The molecule has 146 valence electrons. The quantitative estimate of drug-likeness (QED) is 0.637. The van der Waals surface area contributed by atoms with Crippen LogP contribution in [0.15, 0.2) is 48.7 Å². The number of hydrogen-bond acceptors (Lipinski definition) is 5. The normalized spacial score (nSPS) is 11.2. The van der Waals surface area contributed by atoms with Crippen LogP contribution in [-0.4, -0.2) is 25.6 Å². The van der Waals surface area contributed by atoms with Gasteiger partial charge in [0.05, 0.1) is 11.9 Å². The van der Waals surface area contributed by atoms with Crippen LogP contribution in [0.4, 0.5) is 10.8 Å². The van der Waals surface area contributed by atoms with Crippen LogP contribution in [-0.2, 0) is 16.4 Å². The molecule has 2 N–H and O–H groups in total. The van der Waals surface area contributed by atoms with Crippen LogP contribution in [0.5, 0.6) is 0 Å². The lowest BCUT2D eigenvalue weighted by Gasteiger charge is -2.09. The number of benzene rings is 2. The first-order valence-electron chi connectivity index (χ1n) is 8.60. The molecule has 0 spiro atoms. The van der Waals surface area contributed by atoms with Gasteiger partial charge in [0.2, 0.25) is 10.0 Å². The Morgan fingerprint density at radius 1 is 1.11 bits per heavy atom. The first-order chi connectivity index (χ1) is 13.2. The first-order valence-corrected chi connectivity index (χ1v) is 11.3. The summed E-state index contributed by atoms with van der Waals surface area (Å²) in [7, 11) is -3.42. The van der Waals surface area contributed by atoms with Crippen molar-refractivity contribution in [2.24, 2.45) is 0 Å². The van der Waals surface area contributed by atoms with E-state index < -0.39 is 10.0 Å². The second kappa shape index (κ2) is 8.12. The third-order valence-electron chi connectivity index (χ3n) is 4.07. The SMILES string of the molecule is Cc1ccc(Cc2cnc(NC(=O)c3ccc(C)c(NS(C)(=O)=O)c3)s2)cc1. The van der Waals surface area contributed by atoms with Crippen LogP contribution >= 0.6 is 11.3 Å². The molecule has 6 nitrogen and oxygen atoms in total. The van der Waals surface area contributed by atoms with Gasteiger partial charge in [-0.25, -0.2) is 13.4 Å². The highest BCUT2D eigenvalue weighted by Crippen LogP contribution is 2.23. The summed E-state index contributed by atoms with van der Waals surface area (Å²) in [6.45, 7) is 3.82. The maximum Gasteiger partial charge on any atom is 0.257 e. The Hall–Kier alpha value is -2.71. The number of aryl methyl sites for hydroxylation is 2. The van der Waals surface area contributed by atoms with Crippen molar-refractivity contribution in [2.75, 3.05) is 16.3 Å². The summed E-state index contributed by atoms with van der Waals surface area (Å²) in [6.07, 6.45) is 3.58. The van der Waals surface area contributed by atoms with Gasteiger partial charge >= 0.3 is 0 Å². The number of amides is 1. The molecule has 0 aliphatic heterocycles. The Morgan fingerprint density at radius 2 is 1.82 bits per heavy atom. The molecule has 0 atom stereocenters. The van der Waals surface area contributed by atoms with Crippen LogP contribution in [0.25, 0.3) is 0 Å². The predicted molar refractivity (Wildman–Crippen MR) is 114 cm³/mol. The van der Waals surface area contributed by atoms with Crippen molar-refractivity contribution in [3.63, 3.8) is 0 Å².